The zero-order chi connectivity index (χ0) is 14.0. The van der Waals surface area contributed by atoms with Crippen LogP contribution in [0.4, 0.5) is 0 Å². The third kappa shape index (κ3) is 3.67. The van der Waals surface area contributed by atoms with Crippen molar-refractivity contribution in [2.24, 2.45) is 11.7 Å². The van der Waals surface area contributed by atoms with Gasteiger partial charge in [-0.05, 0) is 52.9 Å². The van der Waals surface area contributed by atoms with Crippen LogP contribution in [-0.4, -0.2) is 29.9 Å². The second kappa shape index (κ2) is 7.64. The second-order valence-electron chi connectivity index (χ2n) is 5.05. The van der Waals surface area contributed by atoms with Crippen molar-refractivity contribution in [3.05, 3.63) is 33.3 Å². The minimum atomic E-state index is 0. The third-order valence-electron chi connectivity index (χ3n) is 3.78. The van der Waals surface area contributed by atoms with Gasteiger partial charge in [0.25, 0.3) is 5.91 Å². The molecule has 1 saturated heterocycles. The van der Waals surface area contributed by atoms with E-state index >= 15 is 0 Å². The van der Waals surface area contributed by atoms with Crippen LogP contribution in [0.5, 0.6) is 0 Å². The zero-order valence-electron chi connectivity index (χ0n) is 11.3. The van der Waals surface area contributed by atoms with Crippen LogP contribution in [0.2, 0.25) is 5.02 Å². The van der Waals surface area contributed by atoms with Crippen LogP contribution in [-0.2, 0) is 0 Å². The Kier molecular flexibility index (Phi) is 6.79. The quantitative estimate of drug-likeness (QED) is 0.848. The summed E-state index contributed by atoms with van der Waals surface area (Å²) < 4.78 is 0.799. The van der Waals surface area contributed by atoms with E-state index in [1.54, 1.807) is 18.2 Å². The molecule has 0 aromatic heterocycles. The molecule has 2 unspecified atom stereocenters. The van der Waals surface area contributed by atoms with Gasteiger partial charge in [0.2, 0.25) is 0 Å². The highest BCUT2D eigenvalue weighted by Crippen LogP contribution is 2.27. The number of piperidine rings is 1. The van der Waals surface area contributed by atoms with Crippen molar-refractivity contribution in [1.29, 1.82) is 0 Å². The Morgan fingerprint density at radius 2 is 2.25 bits per heavy atom. The van der Waals surface area contributed by atoms with E-state index in [9.17, 15) is 4.79 Å². The van der Waals surface area contributed by atoms with E-state index in [4.69, 9.17) is 17.3 Å². The summed E-state index contributed by atoms with van der Waals surface area (Å²) >= 11 is 9.39. The first-order valence-electron chi connectivity index (χ1n) is 6.50. The van der Waals surface area contributed by atoms with Gasteiger partial charge >= 0.3 is 0 Å². The summed E-state index contributed by atoms with van der Waals surface area (Å²) in [6, 6.07) is 5.44. The number of hydrogen-bond acceptors (Lipinski definition) is 2. The number of carbonyl (C=O) groups excluding carboxylic acids is 1. The van der Waals surface area contributed by atoms with Crippen LogP contribution >= 0.6 is 39.9 Å². The minimum absolute atomic E-state index is 0. The van der Waals surface area contributed by atoms with Gasteiger partial charge in [-0.25, -0.2) is 0 Å². The average molecular weight is 382 g/mol. The Morgan fingerprint density at radius 3 is 2.85 bits per heavy atom. The van der Waals surface area contributed by atoms with Gasteiger partial charge in [0.1, 0.15) is 0 Å². The Labute approximate surface area is 139 Å². The lowest BCUT2D eigenvalue weighted by Crippen LogP contribution is -2.51. The summed E-state index contributed by atoms with van der Waals surface area (Å²) in [6.45, 7) is 3.45. The highest BCUT2D eigenvalue weighted by molar-refractivity contribution is 9.10. The molecule has 2 rings (SSSR count). The van der Waals surface area contributed by atoms with Crippen molar-refractivity contribution < 1.29 is 4.79 Å². The molecule has 1 fully saturated rings. The van der Waals surface area contributed by atoms with Crippen LogP contribution in [0.3, 0.4) is 0 Å². The van der Waals surface area contributed by atoms with Crippen molar-refractivity contribution in [2.75, 3.05) is 13.1 Å². The molecule has 6 heteroatoms. The van der Waals surface area contributed by atoms with Crippen molar-refractivity contribution in [2.45, 2.75) is 25.8 Å². The van der Waals surface area contributed by atoms with E-state index in [1.807, 2.05) is 4.90 Å². The number of carbonyl (C=O) groups is 1. The molecule has 0 aliphatic carbocycles. The van der Waals surface area contributed by atoms with Gasteiger partial charge < -0.3 is 10.6 Å². The molecule has 2 atom stereocenters. The lowest BCUT2D eigenvalue weighted by molar-refractivity contribution is 0.0532. The Hall–Kier alpha value is -0.290. The molecule has 0 bridgehead atoms. The van der Waals surface area contributed by atoms with E-state index < -0.39 is 0 Å². The molecule has 112 valence electrons. The van der Waals surface area contributed by atoms with Gasteiger partial charge in [-0.1, -0.05) is 18.5 Å². The second-order valence-corrected chi connectivity index (χ2v) is 6.31. The fourth-order valence-corrected chi connectivity index (χ4v) is 3.08. The number of halogens is 3. The molecule has 1 aliphatic rings. The first-order valence-corrected chi connectivity index (χ1v) is 7.67. The first-order chi connectivity index (χ1) is 9.04. The highest BCUT2D eigenvalue weighted by atomic mass is 79.9. The van der Waals surface area contributed by atoms with Gasteiger partial charge in [-0.2, -0.15) is 0 Å². The van der Waals surface area contributed by atoms with E-state index in [0.717, 1.165) is 23.9 Å². The van der Waals surface area contributed by atoms with E-state index in [0.29, 0.717) is 23.0 Å². The standard InChI is InChI=1S/C14H18BrClN2O.ClH/c1-9-3-2-6-18(13(9)8-17)14(19)10-4-5-11(15)12(16)7-10;/h4-5,7,9,13H,2-3,6,8,17H2,1H3;1H. The van der Waals surface area contributed by atoms with Gasteiger partial charge in [0.15, 0.2) is 0 Å². The van der Waals surface area contributed by atoms with E-state index in [-0.39, 0.29) is 24.4 Å². The highest BCUT2D eigenvalue weighted by Gasteiger charge is 2.31. The summed E-state index contributed by atoms with van der Waals surface area (Å²) in [7, 11) is 0. The SMILES string of the molecule is CC1CCCN(C(=O)c2ccc(Br)c(Cl)c2)C1CN.Cl. The largest absolute Gasteiger partial charge is 0.334 e. The van der Waals surface area contributed by atoms with Gasteiger partial charge in [-0.15, -0.1) is 12.4 Å². The normalized spacial score (nSPS) is 22.3. The number of likely N-dealkylation sites (tertiary alicyclic amines) is 1. The van der Waals surface area contributed by atoms with Crippen LogP contribution in [0.1, 0.15) is 30.1 Å². The molecule has 1 aromatic carbocycles. The van der Waals surface area contributed by atoms with E-state index in [2.05, 4.69) is 22.9 Å². The summed E-state index contributed by atoms with van der Waals surface area (Å²) in [4.78, 5) is 14.5. The molecular formula is C14H19BrCl2N2O. The predicted molar refractivity (Wildman–Crippen MR) is 88.7 cm³/mol. The lowest BCUT2D eigenvalue weighted by atomic mass is 9.90. The Balaban J connectivity index is 0.00000200. The fourth-order valence-electron chi connectivity index (χ4n) is 2.66. The van der Waals surface area contributed by atoms with Crippen LogP contribution in [0.15, 0.2) is 22.7 Å². The Bertz CT molecular complexity index is 484. The number of amides is 1. The zero-order valence-corrected chi connectivity index (χ0v) is 14.5. The van der Waals surface area contributed by atoms with Crippen molar-refractivity contribution in [3.63, 3.8) is 0 Å². The minimum Gasteiger partial charge on any atom is -0.334 e. The lowest BCUT2D eigenvalue weighted by Gasteiger charge is -2.39. The summed E-state index contributed by atoms with van der Waals surface area (Å²) in [5.41, 5.74) is 6.45. The number of nitrogens with zero attached hydrogens (tertiary/aromatic N) is 1. The van der Waals surface area contributed by atoms with Gasteiger partial charge in [0, 0.05) is 29.2 Å². The molecule has 1 aliphatic heterocycles. The molecule has 1 heterocycles. The summed E-state index contributed by atoms with van der Waals surface area (Å²) in [6.07, 6.45) is 2.17. The summed E-state index contributed by atoms with van der Waals surface area (Å²) in [5.74, 6) is 0.477. The number of benzene rings is 1. The monoisotopic (exact) mass is 380 g/mol. The molecule has 0 spiro atoms. The van der Waals surface area contributed by atoms with Gasteiger partial charge in [-0.3, -0.25) is 4.79 Å². The molecule has 20 heavy (non-hydrogen) atoms. The first kappa shape index (κ1) is 17.8. The van der Waals surface area contributed by atoms with Crippen LogP contribution in [0.25, 0.3) is 0 Å². The molecule has 1 amide bonds. The fraction of sp³-hybridized carbons (Fsp3) is 0.500. The maximum absolute atomic E-state index is 12.6. The van der Waals surface area contributed by atoms with Crippen molar-refractivity contribution >= 4 is 45.8 Å². The molecule has 0 saturated carbocycles. The molecule has 2 N–H and O–H groups in total. The van der Waals surface area contributed by atoms with Gasteiger partial charge in [0.05, 0.1) is 5.02 Å². The smallest absolute Gasteiger partial charge is 0.254 e. The molecule has 1 aromatic rings. The number of rotatable bonds is 2. The van der Waals surface area contributed by atoms with E-state index in [1.165, 1.54) is 0 Å². The van der Waals surface area contributed by atoms with Crippen molar-refractivity contribution in [1.82, 2.24) is 4.90 Å². The van der Waals surface area contributed by atoms with Crippen LogP contribution < -0.4 is 5.73 Å². The topological polar surface area (TPSA) is 46.3 Å². The number of nitrogens with two attached hydrogens (primary N) is 1. The number of hydrogen-bond donors (Lipinski definition) is 1. The molecule has 0 radical (unpaired) electrons. The molecular weight excluding hydrogens is 363 g/mol. The average Bonchev–Trinajstić information content (AvgIpc) is 2.40. The predicted octanol–water partition coefficient (Wildman–Crippen LogP) is 3.72. The third-order valence-corrected chi connectivity index (χ3v) is 5.02. The summed E-state index contributed by atoms with van der Waals surface area (Å²) in [5, 5.41) is 0.556. The maximum atomic E-state index is 12.6. The van der Waals surface area contributed by atoms with Crippen molar-refractivity contribution in [3.8, 4) is 0 Å². The Morgan fingerprint density at radius 1 is 1.55 bits per heavy atom. The van der Waals surface area contributed by atoms with Crippen LogP contribution in [0, 0.1) is 5.92 Å². The maximum Gasteiger partial charge on any atom is 0.254 e. The molecule has 3 nitrogen and oxygen atoms in total.